The Morgan fingerprint density at radius 3 is 3.17 bits per heavy atom. The molecule has 1 aromatic heterocycles. The van der Waals surface area contributed by atoms with Crippen LogP contribution in [-0.2, 0) is 6.61 Å². The number of aliphatic hydroxyl groups excluding tert-OH is 1. The van der Waals surface area contributed by atoms with E-state index in [1.54, 1.807) is 11.3 Å². The van der Waals surface area contributed by atoms with Crippen LogP contribution >= 0.6 is 11.3 Å². The summed E-state index contributed by atoms with van der Waals surface area (Å²) in [6.45, 7) is 1.31. The van der Waals surface area contributed by atoms with E-state index in [9.17, 15) is 0 Å². The van der Waals surface area contributed by atoms with Gasteiger partial charge >= 0.3 is 0 Å². The topological polar surface area (TPSA) is 32.3 Å². The van der Waals surface area contributed by atoms with Crippen molar-refractivity contribution in [3.63, 3.8) is 0 Å². The van der Waals surface area contributed by atoms with Crippen LogP contribution in [-0.4, -0.2) is 11.7 Å². The molecule has 2 rings (SSSR count). The number of rotatable bonds is 2. The summed E-state index contributed by atoms with van der Waals surface area (Å²) in [6.07, 6.45) is 2.51. The summed E-state index contributed by atoms with van der Waals surface area (Å²) in [6, 6.07) is 2.65. The van der Waals surface area contributed by atoms with Gasteiger partial charge in [0, 0.05) is 10.9 Å². The summed E-state index contributed by atoms with van der Waals surface area (Å²) >= 11 is 1.65. The standard InChI is InChI=1S/C9H13NOS/c11-5-8-4-7(6-12-8)9-2-1-3-10-9/h4,6,9-11H,1-3,5H2. The van der Waals surface area contributed by atoms with Gasteiger partial charge in [-0.3, -0.25) is 0 Å². The highest BCUT2D eigenvalue weighted by molar-refractivity contribution is 7.10. The first-order valence-corrected chi connectivity index (χ1v) is 5.19. The molecule has 3 heteroatoms. The minimum Gasteiger partial charge on any atom is -0.391 e. The largest absolute Gasteiger partial charge is 0.391 e. The third kappa shape index (κ3) is 1.53. The second-order valence-corrected chi connectivity index (χ2v) is 4.15. The highest BCUT2D eigenvalue weighted by Crippen LogP contribution is 2.27. The molecule has 0 spiro atoms. The van der Waals surface area contributed by atoms with E-state index < -0.39 is 0 Å². The van der Waals surface area contributed by atoms with Gasteiger partial charge in [-0.15, -0.1) is 11.3 Å². The van der Waals surface area contributed by atoms with Gasteiger partial charge in [-0.25, -0.2) is 0 Å². The zero-order valence-electron chi connectivity index (χ0n) is 6.92. The second-order valence-electron chi connectivity index (χ2n) is 3.15. The molecule has 1 atom stereocenters. The van der Waals surface area contributed by atoms with E-state index in [0.717, 1.165) is 11.4 Å². The summed E-state index contributed by atoms with van der Waals surface area (Å²) in [7, 11) is 0. The molecule has 66 valence electrons. The highest BCUT2D eigenvalue weighted by Gasteiger charge is 2.16. The number of hydrogen-bond donors (Lipinski definition) is 2. The van der Waals surface area contributed by atoms with Crippen molar-refractivity contribution in [1.82, 2.24) is 5.32 Å². The summed E-state index contributed by atoms with van der Waals surface area (Å²) < 4.78 is 0. The van der Waals surface area contributed by atoms with E-state index in [-0.39, 0.29) is 6.61 Å². The van der Waals surface area contributed by atoms with Crippen molar-refractivity contribution in [2.24, 2.45) is 0 Å². The minimum atomic E-state index is 0.178. The smallest absolute Gasteiger partial charge is 0.0774 e. The molecule has 1 aromatic rings. The van der Waals surface area contributed by atoms with Crippen molar-refractivity contribution in [1.29, 1.82) is 0 Å². The molecule has 0 radical (unpaired) electrons. The molecule has 0 saturated carbocycles. The van der Waals surface area contributed by atoms with Gasteiger partial charge < -0.3 is 10.4 Å². The quantitative estimate of drug-likeness (QED) is 0.731. The maximum atomic E-state index is 8.88. The SMILES string of the molecule is OCc1cc(C2CCCN2)cs1. The van der Waals surface area contributed by atoms with E-state index in [2.05, 4.69) is 16.8 Å². The first-order valence-electron chi connectivity index (χ1n) is 4.31. The lowest BCUT2D eigenvalue weighted by Gasteiger charge is -2.05. The lowest BCUT2D eigenvalue weighted by Crippen LogP contribution is -2.11. The van der Waals surface area contributed by atoms with Crippen LogP contribution in [0.3, 0.4) is 0 Å². The molecule has 1 saturated heterocycles. The van der Waals surface area contributed by atoms with Crippen molar-refractivity contribution in [2.75, 3.05) is 6.54 Å². The van der Waals surface area contributed by atoms with Gasteiger partial charge in [-0.2, -0.15) is 0 Å². The number of aliphatic hydroxyl groups is 1. The predicted octanol–water partition coefficient (Wildman–Crippen LogP) is 1.66. The third-order valence-electron chi connectivity index (χ3n) is 2.29. The molecule has 1 unspecified atom stereocenters. The second kappa shape index (κ2) is 3.56. The molecule has 2 heterocycles. The first-order chi connectivity index (χ1) is 5.90. The number of hydrogen-bond acceptors (Lipinski definition) is 3. The maximum Gasteiger partial charge on any atom is 0.0774 e. The van der Waals surface area contributed by atoms with Crippen molar-refractivity contribution >= 4 is 11.3 Å². The van der Waals surface area contributed by atoms with E-state index in [1.165, 1.54) is 18.4 Å². The van der Waals surface area contributed by atoms with E-state index in [0.29, 0.717) is 6.04 Å². The van der Waals surface area contributed by atoms with Gasteiger partial charge in [0.25, 0.3) is 0 Å². The van der Waals surface area contributed by atoms with E-state index >= 15 is 0 Å². The first kappa shape index (κ1) is 8.23. The van der Waals surface area contributed by atoms with Crippen LogP contribution in [0.2, 0.25) is 0 Å². The van der Waals surface area contributed by atoms with Crippen molar-refractivity contribution in [3.05, 3.63) is 21.9 Å². The van der Waals surface area contributed by atoms with Gasteiger partial charge in [0.05, 0.1) is 6.61 Å². The van der Waals surface area contributed by atoms with Crippen LogP contribution in [0.5, 0.6) is 0 Å². The summed E-state index contributed by atoms with van der Waals surface area (Å²) in [5.74, 6) is 0. The average Bonchev–Trinajstić information content (AvgIpc) is 2.75. The molecule has 1 aliphatic heterocycles. The van der Waals surface area contributed by atoms with Crippen molar-refractivity contribution in [2.45, 2.75) is 25.5 Å². The number of nitrogens with one attached hydrogen (secondary N) is 1. The van der Waals surface area contributed by atoms with E-state index in [4.69, 9.17) is 5.11 Å². The van der Waals surface area contributed by atoms with Crippen LogP contribution in [0.4, 0.5) is 0 Å². The molecule has 12 heavy (non-hydrogen) atoms. The molecule has 0 bridgehead atoms. The Morgan fingerprint density at radius 1 is 1.67 bits per heavy atom. The van der Waals surface area contributed by atoms with Crippen LogP contribution in [0.15, 0.2) is 11.4 Å². The van der Waals surface area contributed by atoms with Gasteiger partial charge in [-0.05, 0) is 36.4 Å². The summed E-state index contributed by atoms with van der Waals surface area (Å²) in [5.41, 5.74) is 1.35. The number of thiophene rings is 1. The molecular weight excluding hydrogens is 170 g/mol. The maximum absolute atomic E-state index is 8.88. The lowest BCUT2D eigenvalue weighted by molar-refractivity contribution is 0.285. The summed E-state index contributed by atoms with van der Waals surface area (Å²) in [5, 5.41) is 14.5. The molecule has 2 nitrogen and oxygen atoms in total. The Hall–Kier alpha value is -0.380. The van der Waals surface area contributed by atoms with Crippen molar-refractivity contribution in [3.8, 4) is 0 Å². The van der Waals surface area contributed by atoms with Gasteiger partial charge in [0.2, 0.25) is 0 Å². The van der Waals surface area contributed by atoms with Crippen LogP contribution < -0.4 is 5.32 Å². The Balaban J connectivity index is 2.11. The zero-order chi connectivity index (χ0) is 8.39. The molecule has 1 aliphatic rings. The van der Waals surface area contributed by atoms with Gasteiger partial charge in [0.1, 0.15) is 0 Å². The Labute approximate surface area is 76.2 Å². The molecule has 1 fully saturated rings. The molecule has 0 aliphatic carbocycles. The Bertz CT molecular complexity index is 253. The normalized spacial score (nSPS) is 23.2. The van der Waals surface area contributed by atoms with Crippen LogP contribution in [0.1, 0.15) is 29.3 Å². The fourth-order valence-corrected chi connectivity index (χ4v) is 2.43. The summed E-state index contributed by atoms with van der Waals surface area (Å²) in [4.78, 5) is 1.07. The fourth-order valence-electron chi connectivity index (χ4n) is 1.63. The molecule has 2 N–H and O–H groups in total. The third-order valence-corrected chi connectivity index (χ3v) is 3.23. The lowest BCUT2D eigenvalue weighted by atomic mass is 10.1. The molecule has 0 aromatic carbocycles. The zero-order valence-corrected chi connectivity index (χ0v) is 7.73. The molecular formula is C9H13NOS. The Kier molecular flexibility index (Phi) is 2.44. The van der Waals surface area contributed by atoms with Gasteiger partial charge in [0.15, 0.2) is 0 Å². The van der Waals surface area contributed by atoms with Crippen LogP contribution in [0.25, 0.3) is 0 Å². The fraction of sp³-hybridized carbons (Fsp3) is 0.556. The van der Waals surface area contributed by atoms with Crippen molar-refractivity contribution < 1.29 is 5.11 Å². The highest BCUT2D eigenvalue weighted by atomic mass is 32.1. The Morgan fingerprint density at radius 2 is 2.58 bits per heavy atom. The van der Waals surface area contributed by atoms with E-state index in [1.807, 2.05) is 0 Å². The predicted molar refractivity (Wildman–Crippen MR) is 50.2 cm³/mol. The average molecular weight is 183 g/mol. The van der Waals surface area contributed by atoms with Gasteiger partial charge in [-0.1, -0.05) is 0 Å². The van der Waals surface area contributed by atoms with Crippen LogP contribution in [0, 0.1) is 0 Å². The monoisotopic (exact) mass is 183 g/mol. The minimum absolute atomic E-state index is 0.178. The molecule has 0 amide bonds.